The van der Waals surface area contributed by atoms with Crippen molar-refractivity contribution in [2.45, 2.75) is 83.9 Å². The van der Waals surface area contributed by atoms with E-state index < -0.39 is 59.5 Å². The monoisotopic (exact) mass is 691 g/mol. The third-order valence-electron chi connectivity index (χ3n) is 8.73. The number of rotatable bonds is 19. The largest absolute Gasteiger partial charge is 0.385 e. The van der Waals surface area contributed by atoms with E-state index in [-0.39, 0.29) is 43.8 Å². The summed E-state index contributed by atoms with van der Waals surface area (Å²) in [5.74, 6) is -8.39. The van der Waals surface area contributed by atoms with Gasteiger partial charge in [-0.25, -0.2) is 8.78 Å². The van der Waals surface area contributed by atoms with E-state index in [9.17, 15) is 37.9 Å². The number of hydrogen-bond donors (Lipinski definition) is 4. The normalized spacial score (nSPS) is 14.6. The molecule has 0 aliphatic carbocycles. The maximum atomic E-state index is 13.9. The number of alkyl halides is 2. The first-order valence-corrected chi connectivity index (χ1v) is 16.8. The fourth-order valence-electron chi connectivity index (χ4n) is 5.62. The first kappa shape index (κ1) is 39.7. The molecule has 0 aromatic heterocycles. The van der Waals surface area contributed by atoms with Gasteiger partial charge in [-0.2, -0.15) is 0 Å². The third-order valence-corrected chi connectivity index (χ3v) is 8.73. The van der Waals surface area contributed by atoms with Gasteiger partial charge in [-0.1, -0.05) is 106 Å². The molecule has 5 atom stereocenters. The molecule has 0 saturated carbocycles. The Balaban J connectivity index is 1.74. The van der Waals surface area contributed by atoms with Crippen molar-refractivity contribution >= 4 is 29.3 Å². The van der Waals surface area contributed by atoms with E-state index in [2.05, 4.69) is 10.6 Å². The minimum Gasteiger partial charge on any atom is -0.385 e. The second-order valence-corrected chi connectivity index (χ2v) is 13.3. The first-order chi connectivity index (χ1) is 23.6. The van der Waals surface area contributed by atoms with Crippen molar-refractivity contribution in [1.29, 1.82) is 0 Å². The number of benzene rings is 3. The molecular weight excluding hydrogens is 644 g/mol. The summed E-state index contributed by atoms with van der Waals surface area (Å²) in [6.45, 7) is 5.55. The van der Waals surface area contributed by atoms with Gasteiger partial charge in [0.15, 0.2) is 11.6 Å². The molecule has 3 aromatic rings. The van der Waals surface area contributed by atoms with Gasteiger partial charge >= 0.3 is 0 Å². The Morgan fingerprint density at radius 1 is 0.780 bits per heavy atom. The van der Waals surface area contributed by atoms with Gasteiger partial charge in [-0.05, 0) is 35.4 Å². The van der Waals surface area contributed by atoms with Gasteiger partial charge in [0.05, 0.1) is 12.1 Å². The van der Waals surface area contributed by atoms with Crippen LogP contribution in [0.15, 0.2) is 84.9 Å². The molecule has 0 bridgehead atoms. The van der Waals surface area contributed by atoms with Crippen LogP contribution in [0.5, 0.6) is 0 Å². The van der Waals surface area contributed by atoms with Gasteiger partial charge < -0.3 is 21.5 Å². The molecule has 0 radical (unpaired) electrons. The Morgan fingerprint density at radius 2 is 1.34 bits per heavy atom. The van der Waals surface area contributed by atoms with Gasteiger partial charge in [0, 0.05) is 43.6 Å². The van der Waals surface area contributed by atoms with Crippen LogP contribution in [0.25, 0.3) is 11.1 Å². The lowest BCUT2D eigenvalue weighted by molar-refractivity contribution is -0.136. The van der Waals surface area contributed by atoms with E-state index in [1.54, 1.807) is 42.5 Å². The fraction of sp³-hybridized carbons (Fsp3) is 0.410. The third kappa shape index (κ3) is 12.0. The summed E-state index contributed by atoms with van der Waals surface area (Å²) < 4.78 is 27.9. The van der Waals surface area contributed by atoms with Crippen molar-refractivity contribution in [3.8, 4) is 11.1 Å². The molecule has 3 amide bonds. The Hall–Kier alpha value is -4.77. The topological polar surface area (TPSA) is 156 Å². The quantitative estimate of drug-likeness (QED) is 0.125. The predicted molar refractivity (Wildman–Crippen MR) is 187 cm³/mol. The maximum absolute atomic E-state index is 13.9. The number of carbonyl (C=O) groups is 5. The molecule has 3 rings (SSSR count). The highest BCUT2D eigenvalue weighted by atomic mass is 19.3. The average molecular weight is 692 g/mol. The van der Waals surface area contributed by atoms with E-state index in [0.29, 0.717) is 12.5 Å². The Kier molecular flexibility index (Phi) is 14.5. The summed E-state index contributed by atoms with van der Waals surface area (Å²) >= 11 is 0. The van der Waals surface area contributed by atoms with Gasteiger partial charge in [-0.3, -0.25) is 24.0 Å². The molecule has 9 nitrogen and oxygen atoms in total. The summed E-state index contributed by atoms with van der Waals surface area (Å²) in [5, 5.41) is 15.3. The van der Waals surface area contributed by atoms with Crippen LogP contribution in [0.1, 0.15) is 69.3 Å². The number of ketones is 2. The lowest BCUT2D eigenvalue weighted by Gasteiger charge is -2.29. The fourth-order valence-corrected chi connectivity index (χ4v) is 5.62. The van der Waals surface area contributed by atoms with Crippen molar-refractivity contribution in [3.05, 3.63) is 96.1 Å². The zero-order chi connectivity index (χ0) is 37.0. The summed E-state index contributed by atoms with van der Waals surface area (Å²) in [4.78, 5) is 65.1. The zero-order valence-electron chi connectivity index (χ0n) is 28.9. The number of hydrogen-bond acceptors (Lipinski definition) is 6. The molecule has 0 aliphatic heterocycles. The number of aliphatic hydroxyl groups is 1. The number of nitrogens with one attached hydrogen (secondary N) is 2. The highest BCUT2D eigenvalue weighted by Gasteiger charge is 2.40. The first-order valence-electron chi connectivity index (χ1n) is 16.8. The van der Waals surface area contributed by atoms with Crippen LogP contribution in [0.4, 0.5) is 8.78 Å². The van der Waals surface area contributed by atoms with Crippen LogP contribution >= 0.6 is 0 Å². The Bertz CT molecular complexity index is 1590. The predicted octanol–water partition coefficient (Wildman–Crippen LogP) is 5.29. The molecular formula is C39H47F2N3O6. The van der Waals surface area contributed by atoms with E-state index in [1.807, 2.05) is 56.3 Å². The molecule has 0 heterocycles. The Morgan fingerprint density at radius 3 is 1.88 bits per heavy atom. The van der Waals surface area contributed by atoms with E-state index in [4.69, 9.17) is 5.73 Å². The second-order valence-electron chi connectivity index (χ2n) is 13.3. The second kappa shape index (κ2) is 18.3. The van der Waals surface area contributed by atoms with Crippen molar-refractivity contribution in [3.63, 3.8) is 0 Å². The molecule has 0 spiro atoms. The van der Waals surface area contributed by atoms with E-state index in [1.165, 1.54) is 6.92 Å². The highest BCUT2D eigenvalue weighted by Crippen LogP contribution is 2.25. The van der Waals surface area contributed by atoms with Gasteiger partial charge in [0.1, 0.15) is 6.10 Å². The summed E-state index contributed by atoms with van der Waals surface area (Å²) in [6.07, 6.45) is -3.31. The molecule has 0 saturated heterocycles. The molecule has 11 heteroatoms. The molecule has 50 heavy (non-hydrogen) atoms. The molecule has 268 valence electrons. The lowest BCUT2D eigenvalue weighted by Crippen LogP contribution is -2.52. The standard InChI is InChI=1S/C39H47F2N3O6/c1-24(2)30(23-33(45)29-17-15-28(16-18-29)27-13-9-6-10-14-27)38(50)44-32(22-26-11-7-5-8-12-26)34(46)21-25(3)37(49)43-31(19-20-35(42)47)36(48)39(4,40)41/h5-18,24-25,30-32,36,48H,19-23H2,1-4H3,(H2,42,47)(H,43,49)(H,44,50)/t25-,30+,31?,32+,36?/m1/s1. The van der Waals surface area contributed by atoms with Crippen LogP contribution < -0.4 is 16.4 Å². The van der Waals surface area contributed by atoms with E-state index >= 15 is 0 Å². The van der Waals surface area contributed by atoms with Crippen LogP contribution in [-0.2, 0) is 25.6 Å². The number of nitrogens with two attached hydrogens (primary N) is 1. The molecule has 5 N–H and O–H groups in total. The summed E-state index contributed by atoms with van der Waals surface area (Å²) in [6, 6.07) is 23.3. The van der Waals surface area contributed by atoms with Crippen molar-refractivity contribution in [2.75, 3.05) is 0 Å². The average Bonchev–Trinajstić information content (AvgIpc) is 3.08. The smallest absolute Gasteiger partial charge is 0.272 e. The number of aliphatic hydroxyl groups excluding tert-OH is 1. The number of halogens is 2. The van der Waals surface area contributed by atoms with Gasteiger partial charge in [0.2, 0.25) is 17.7 Å². The van der Waals surface area contributed by atoms with Crippen molar-refractivity contribution in [2.24, 2.45) is 23.5 Å². The van der Waals surface area contributed by atoms with E-state index in [0.717, 1.165) is 16.7 Å². The summed E-state index contributed by atoms with van der Waals surface area (Å²) in [5.41, 5.74) is 8.31. The van der Waals surface area contributed by atoms with Crippen LogP contribution in [0.3, 0.4) is 0 Å². The minimum atomic E-state index is -3.58. The number of carbonyl (C=O) groups excluding carboxylic acids is 5. The lowest BCUT2D eigenvalue weighted by atomic mass is 9.87. The molecule has 2 unspecified atom stereocenters. The van der Waals surface area contributed by atoms with Crippen LogP contribution in [0, 0.1) is 17.8 Å². The van der Waals surface area contributed by atoms with Crippen LogP contribution in [-0.4, -0.2) is 58.5 Å². The van der Waals surface area contributed by atoms with Gasteiger partial charge in [-0.15, -0.1) is 0 Å². The SMILES string of the molecule is CC(C)[C@H](CC(=O)c1ccc(-c2ccccc2)cc1)C(=O)N[C@@H](Cc1ccccc1)C(=O)C[C@@H](C)C(=O)NC(CCC(N)=O)C(O)C(C)(F)F. The molecule has 0 fully saturated rings. The maximum Gasteiger partial charge on any atom is 0.272 e. The number of Topliss-reactive ketones (excluding diaryl/α,β-unsaturated/α-hetero) is 2. The van der Waals surface area contributed by atoms with Crippen molar-refractivity contribution < 1.29 is 37.9 Å². The molecule has 3 aromatic carbocycles. The number of primary amides is 1. The highest BCUT2D eigenvalue weighted by molar-refractivity contribution is 6.00. The van der Waals surface area contributed by atoms with Crippen molar-refractivity contribution in [1.82, 2.24) is 10.6 Å². The number of amides is 3. The van der Waals surface area contributed by atoms with Crippen LogP contribution in [0.2, 0.25) is 0 Å². The van der Waals surface area contributed by atoms with Gasteiger partial charge in [0.25, 0.3) is 5.92 Å². The summed E-state index contributed by atoms with van der Waals surface area (Å²) in [7, 11) is 0. The zero-order valence-corrected chi connectivity index (χ0v) is 28.9. The Labute approximate surface area is 292 Å². The minimum absolute atomic E-state index is 0.0870. The molecule has 0 aliphatic rings.